The van der Waals surface area contributed by atoms with Gasteiger partial charge in [-0.1, -0.05) is 32.0 Å². The molecule has 0 aliphatic carbocycles. The topological polar surface area (TPSA) is 134 Å². The number of esters is 1. The van der Waals surface area contributed by atoms with Crippen LogP contribution in [0, 0.1) is 5.41 Å². The summed E-state index contributed by atoms with van der Waals surface area (Å²) < 4.78 is 10.1. The molecule has 2 aliphatic rings. The van der Waals surface area contributed by atoms with Gasteiger partial charge in [-0.25, -0.2) is 4.79 Å². The fourth-order valence-corrected chi connectivity index (χ4v) is 3.79. The van der Waals surface area contributed by atoms with Crippen molar-refractivity contribution in [3.05, 3.63) is 35.4 Å². The molecule has 3 rings (SSSR count). The third-order valence-corrected chi connectivity index (χ3v) is 5.40. The smallest absolute Gasteiger partial charge is 0.408 e. The van der Waals surface area contributed by atoms with Crippen molar-refractivity contribution in [2.45, 2.75) is 45.0 Å². The molecule has 30 heavy (non-hydrogen) atoms. The summed E-state index contributed by atoms with van der Waals surface area (Å²) in [5, 5.41) is 15.0. The first-order chi connectivity index (χ1) is 14.2. The van der Waals surface area contributed by atoms with Gasteiger partial charge in [0.25, 0.3) is 5.91 Å². The summed E-state index contributed by atoms with van der Waals surface area (Å²) in [7, 11) is 0. The number of aldehydes is 1. The van der Waals surface area contributed by atoms with Crippen molar-refractivity contribution in [3.63, 3.8) is 0 Å². The molecular formula is C20H25N3O7. The minimum atomic E-state index is -1.46. The summed E-state index contributed by atoms with van der Waals surface area (Å²) in [5.41, 5.74) is 0.588. The van der Waals surface area contributed by atoms with Gasteiger partial charge in [0.1, 0.15) is 12.7 Å². The molecule has 0 saturated carbocycles. The second-order valence-electron chi connectivity index (χ2n) is 7.96. The highest BCUT2D eigenvalue weighted by Crippen LogP contribution is 2.48. The maximum Gasteiger partial charge on any atom is 0.408 e. The van der Waals surface area contributed by atoms with Crippen LogP contribution >= 0.6 is 0 Å². The van der Waals surface area contributed by atoms with Crippen LogP contribution in [0.1, 0.15) is 47.9 Å². The average Bonchev–Trinajstić information content (AvgIpc) is 3.31. The van der Waals surface area contributed by atoms with E-state index in [1.165, 1.54) is 17.1 Å². The van der Waals surface area contributed by atoms with E-state index in [1.807, 2.05) is 0 Å². The molecule has 10 heteroatoms. The number of cyclic esters (lactones) is 1. The Bertz CT molecular complexity index is 872. The number of nitrogens with zero attached hydrogens (tertiary/aromatic N) is 1. The van der Waals surface area contributed by atoms with E-state index in [0.29, 0.717) is 6.29 Å². The van der Waals surface area contributed by atoms with E-state index >= 15 is 0 Å². The van der Waals surface area contributed by atoms with Gasteiger partial charge in [-0.05, 0) is 13.0 Å². The van der Waals surface area contributed by atoms with Crippen molar-refractivity contribution in [1.82, 2.24) is 15.8 Å². The third kappa shape index (κ3) is 3.75. The SMILES string of the molecule is CCOC(=O)C[C@@H]1N(NC(=O)c2ccccc2C=O)[C@]12NC(=O)OCC(C)(C)[C@@H]2O. The van der Waals surface area contributed by atoms with Gasteiger partial charge in [0, 0.05) is 11.0 Å². The van der Waals surface area contributed by atoms with Gasteiger partial charge in [0.2, 0.25) is 0 Å². The Kier molecular flexibility index (Phi) is 5.82. The summed E-state index contributed by atoms with van der Waals surface area (Å²) in [6.07, 6.45) is -1.59. The van der Waals surface area contributed by atoms with E-state index < -0.39 is 41.2 Å². The highest BCUT2D eigenvalue weighted by atomic mass is 16.6. The molecule has 4 atom stereocenters. The van der Waals surface area contributed by atoms with Crippen molar-refractivity contribution in [2.24, 2.45) is 5.41 Å². The normalized spacial score (nSPS) is 29.2. The maximum absolute atomic E-state index is 12.8. The van der Waals surface area contributed by atoms with Gasteiger partial charge in [0.05, 0.1) is 24.6 Å². The number of nitrogens with one attached hydrogen (secondary N) is 2. The largest absolute Gasteiger partial charge is 0.466 e. The summed E-state index contributed by atoms with van der Waals surface area (Å²) in [6, 6.07) is 5.43. The van der Waals surface area contributed by atoms with Gasteiger partial charge >= 0.3 is 12.1 Å². The number of carbonyl (C=O) groups is 4. The minimum Gasteiger partial charge on any atom is -0.466 e. The maximum atomic E-state index is 12.8. The first-order valence-electron chi connectivity index (χ1n) is 9.60. The molecule has 0 bridgehead atoms. The summed E-state index contributed by atoms with van der Waals surface area (Å²) in [6.45, 7) is 5.20. The lowest BCUT2D eigenvalue weighted by Crippen LogP contribution is -2.56. The Morgan fingerprint density at radius 3 is 2.77 bits per heavy atom. The molecule has 2 aliphatic heterocycles. The van der Waals surface area contributed by atoms with Crippen LogP contribution in [0.5, 0.6) is 0 Å². The van der Waals surface area contributed by atoms with Gasteiger partial charge in [-0.2, -0.15) is 5.01 Å². The van der Waals surface area contributed by atoms with E-state index in [0.717, 1.165) is 0 Å². The van der Waals surface area contributed by atoms with Crippen molar-refractivity contribution >= 4 is 24.3 Å². The van der Waals surface area contributed by atoms with Crippen LogP contribution in [-0.2, 0) is 14.3 Å². The predicted octanol–water partition coefficient (Wildman–Crippen LogP) is 0.604. The first-order valence-corrected chi connectivity index (χ1v) is 9.60. The number of aliphatic hydroxyl groups is 1. The zero-order valence-electron chi connectivity index (χ0n) is 17.0. The van der Waals surface area contributed by atoms with E-state index in [-0.39, 0.29) is 30.8 Å². The lowest BCUT2D eigenvalue weighted by molar-refractivity contribution is -0.143. The Balaban J connectivity index is 1.93. The highest BCUT2D eigenvalue weighted by Gasteiger charge is 2.73. The Morgan fingerprint density at radius 1 is 1.40 bits per heavy atom. The number of rotatable bonds is 6. The zero-order valence-corrected chi connectivity index (χ0v) is 17.0. The third-order valence-electron chi connectivity index (χ3n) is 5.40. The number of hydrogen-bond acceptors (Lipinski definition) is 8. The number of aliphatic hydroxyl groups excluding tert-OH is 1. The molecule has 1 aromatic carbocycles. The lowest BCUT2D eigenvalue weighted by Gasteiger charge is -2.32. The predicted molar refractivity (Wildman–Crippen MR) is 103 cm³/mol. The molecule has 162 valence electrons. The number of benzene rings is 1. The molecule has 0 radical (unpaired) electrons. The van der Waals surface area contributed by atoms with Crippen LogP contribution in [0.25, 0.3) is 0 Å². The number of ether oxygens (including phenoxy) is 2. The van der Waals surface area contributed by atoms with Crippen molar-refractivity contribution < 1.29 is 33.8 Å². The zero-order chi connectivity index (χ0) is 22.1. The van der Waals surface area contributed by atoms with E-state index in [9.17, 15) is 24.3 Å². The summed E-state index contributed by atoms with van der Waals surface area (Å²) >= 11 is 0. The quantitative estimate of drug-likeness (QED) is 0.347. The molecule has 2 amide bonds. The van der Waals surface area contributed by atoms with Crippen LogP contribution in [0.15, 0.2) is 24.3 Å². The molecule has 1 unspecified atom stereocenters. The second kappa shape index (κ2) is 8.04. The van der Waals surface area contributed by atoms with Gasteiger partial charge < -0.3 is 14.6 Å². The Labute approximate surface area is 173 Å². The molecule has 2 heterocycles. The Morgan fingerprint density at radius 2 is 2.10 bits per heavy atom. The Hall–Kier alpha value is -2.98. The van der Waals surface area contributed by atoms with Crippen molar-refractivity contribution in [1.29, 1.82) is 0 Å². The molecule has 2 saturated heterocycles. The van der Waals surface area contributed by atoms with Gasteiger partial charge in [0.15, 0.2) is 11.9 Å². The standard InChI is InChI=1S/C20H25N3O7/c1-4-29-15(25)9-14-20(17(27)19(2,3)11-30-18(28)21-20)23(14)22-16(26)13-8-6-5-7-12(13)10-24/h5-8,10,14,17,27H,4,9,11H2,1-3H3,(H,21,28)(H,22,26)/t14-,17-,20+,23?/m0/s1. The first kappa shape index (κ1) is 21.7. The van der Waals surface area contributed by atoms with Crippen LogP contribution in [0.2, 0.25) is 0 Å². The van der Waals surface area contributed by atoms with Crippen molar-refractivity contribution in [2.75, 3.05) is 13.2 Å². The van der Waals surface area contributed by atoms with E-state index in [4.69, 9.17) is 9.47 Å². The minimum absolute atomic E-state index is 0.0519. The molecule has 3 N–H and O–H groups in total. The fraction of sp³-hybridized carbons (Fsp3) is 0.500. The van der Waals surface area contributed by atoms with E-state index in [1.54, 1.807) is 32.9 Å². The summed E-state index contributed by atoms with van der Waals surface area (Å²) in [5.74, 6) is -1.16. The van der Waals surface area contributed by atoms with E-state index in [2.05, 4.69) is 10.7 Å². The molecule has 10 nitrogen and oxygen atoms in total. The highest BCUT2D eigenvalue weighted by molar-refractivity contribution is 6.01. The molecule has 2 fully saturated rings. The van der Waals surface area contributed by atoms with Crippen LogP contribution < -0.4 is 10.7 Å². The van der Waals surface area contributed by atoms with Gasteiger partial charge in [-0.15, -0.1) is 0 Å². The van der Waals surface area contributed by atoms with Crippen molar-refractivity contribution in [3.8, 4) is 0 Å². The fourth-order valence-electron chi connectivity index (χ4n) is 3.79. The number of amides is 2. The molecule has 1 spiro atoms. The monoisotopic (exact) mass is 419 g/mol. The summed E-state index contributed by atoms with van der Waals surface area (Å²) in [4.78, 5) is 48.4. The van der Waals surface area contributed by atoms with Crippen LogP contribution in [0.4, 0.5) is 4.79 Å². The number of alkyl carbamates (subject to hydrolysis) is 1. The number of carbonyl (C=O) groups excluding carboxylic acids is 4. The molecule has 1 aromatic rings. The van der Waals surface area contributed by atoms with Crippen LogP contribution in [-0.4, -0.2) is 65.4 Å². The van der Waals surface area contributed by atoms with Crippen LogP contribution in [0.3, 0.4) is 0 Å². The second-order valence-corrected chi connectivity index (χ2v) is 7.96. The number of hydrogen-bond donors (Lipinski definition) is 3. The number of hydrazine groups is 1. The molecular weight excluding hydrogens is 394 g/mol. The molecule has 0 aromatic heterocycles. The average molecular weight is 419 g/mol. The lowest BCUT2D eigenvalue weighted by atomic mass is 9.82. The van der Waals surface area contributed by atoms with Gasteiger partial charge in [-0.3, -0.25) is 25.1 Å².